The number of benzene rings is 1. The van der Waals surface area contributed by atoms with Gasteiger partial charge in [0.1, 0.15) is 0 Å². The molecule has 2 heterocycles. The molecule has 3 aromatic rings. The van der Waals surface area contributed by atoms with E-state index in [9.17, 15) is 29.4 Å². The van der Waals surface area contributed by atoms with Crippen LogP contribution in [0.2, 0.25) is 0 Å². The largest absolute Gasteiger partial charge is 0.476 e. The molecule has 0 saturated heterocycles. The molecule has 0 amide bonds. The van der Waals surface area contributed by atoms with Crippen molar-refractivity contribution in [1.29, 1.82) is 0 Å². The minimum absolute atomic E-state index is 0.00196. The maximum Gasteiger partial charge on any atom is 0.365 e. The van der Waals surface area contributed by atoms with E-state index in [0.717, 1.165) is 0 Å². The molecular formula is C16H8N2O8S2. The van der Waals surface area contributed by atoms with Gasteiger partial charge < -0.3 is 20.4 Å². The molecule has 1 aromatic carbocycles. The summed E-state index contributed by atoms with van der Waals surface area (Å²) in [6.07, 6.45) is 0. The molecule has 142 valence electrons. The van der Waals surface area contributed by atoms with Crippen molar-refractivity contribution in [1.82, 2.24) is 9.97 Å². The van der Waals surface area contributed by atoms with E-state index in [0.29, 0.717) is 22.7 Å². The number of hydrogen-bond donors (Lipinski definition) is 4. The summed E-state index contributed by atoms with van der Waals surface area (Å²) in [4.78, 5) is 52.7. The molecule has 0 radical (unpaired) electrons. The SMILES string of the molecule is O=C(O)c1nc(C(=O)O)c(-c2ccccc2-c2sc(C(=O)O)nc2C(=O)O)s1. The fourth-order valence-electron chi connectivity index (χ4n) is 2.36. The normalized spacial score (nSPS) is 10.6. The number of carboxylic acids is 4. The van der Waals surface area contributed by atoms with E-state index in [-0.39, 0.29) is 20.9 Å². The molecule has 0 aliphatic carbocycles. The number of hydrogen-bond acceptors (Lipinski definition) is 8. The summed E-state index contributed by atoms with van der Waals surface area (Å²) in [6.45, 7) is 0. The Morgan fingerprint density at radius 3 is 1.29 bits per heavy atom. The highest BCUT2D eigenvalue weighted by molar-refractivity contribution is 7.18. The lowest BCUT2D eigenvalue weighted by molar-refractivity contribution is 0.0670. The van der Waals surface area contributed by atoms with Gasteiger partial charge in [0.15, 0.2) is 11.4 Å². The molecule has 0 fully saturated rings. The van der Waals surface area contributed by atoms with Crippen LogP contribution in [0.1, 0.15) is 40.6 Å². The predicted molar refractivity (Wildman–Crippen MR) is 96.5 cm³/mol. The van der Waals surface area contributed by atoms with Crippen molar-refractivity contribution in [3.05, 3.63) is 45.7 Å². The summed E-state index contributed by atoms with van der Waals surface area (Å²) in [5.74, 6) is -5.73. The zero-order valence-corrected chi connectivity index (χ0v) is 15.1. The molecule has 0 bridgehead atoms. The molecule has 0 unspecified atom stereocenters. The molecule has 0 saturated carbocycles. The van der Waals surface area contributed by atoms with E-state index in [4.69, 9.17) is 10.2 Å². The Labute approximate surface area is 163 Å². The second-order valence-corrected chi connectivity index (χ2v) is 7.16. The molecular weight excluding hydrogens is 412 g/mol. The van der Waals surface area contributed by atoms with Crippen LogP contribution in [-0.4, -0.2) is 54.3 Å². The third-order valence-electron chi connectivity index (χ3n) is 3.44. The van der Waals surface area contributed by atoms with Crippen LogP contribution in [0.5, 0.6) is 0 Å². The van der Waals surface area contributed by atoms with Gasteiger partial charge in [-0.1, -0.05) is 24.3 Å². The Balaban J connectivity index is 2.30. The van der Waals surface area contributed by atoms with Gasteiger partial charge in [-0.2, -0.15) is 0 Å². The van der Waals surface area contributed by atoms with Gasteiger partial charge in [-0.3, -0.25) is 0 Å². The Kier molecular flexibility index (Phi) is 4.90. The number of carboxylic acid groups (broad SMARTS) is 4. The maximum atomic E-state index is 11.5. The van der Waals surface area contributed by atoms with Gasteiger partial charge in [0, 0.05) is 11.1 Å². The van der Waals surface area contributed by atoms with E-state index < -0.39 is 45.3 Å². The van der Waals surface area contributed by atoms with E-state index in [1.807, 2.05) is 0 Å². The Bertz CT molecular complexity index is 1060. The van der Waals surface area contributed by atoms with Crippen LogP contribution in [-0.2, 0) is 0 Å². The van der Waals surface area contributed by atoms with Crippen LogP contribution >= 0.6 is 22.7 Å². The molecule has 3 rings (SSSR count). The van der Waals surface area contributed by atoms with Crippen molar-refractivity contribution < 1.29 is 39.6 Å². The minimum atomic E-state index is -1.46. The van der Waals surface area contributed by atoms with Crippen LogP contribution in [0.15, 0.2) is 24.3 Å². The fourth-order valence-corrected chi connectivity index (χ4v) is 4.23. The van der Waals surface area contributed by atoms with Crippen LogP contribution in [0.3, 0.4) is 0 Å². The average Bonchev–Trinajstić information content (AvgIpc) is 3.27. The van der Waals surface area contributed by atoms with Gasteiger partial charge in [-0.05, 0) is 0 Å². The molecule has 12 heteroatoms. The van der Waals surface area contributed by atoms with Crippen molar-refractivity contribution in [2.24, 2.45) is 0 Å². The summed E-state index contributed by atoms with van der Waals surface area (Å²) in [5, 5.41) is 36.1. The fraction of sp³-hybridized carbons (Fsp3) is 0. The van der Waals surface area contributed by atoms with Gasteiger partial charge in [0.2, 0.25) is 10.0 Å². The lowest BCUT2D eigenvalue weighted by Gasteiger charge is -2.07. The first kappa shape index (κ1) is 19.1. The molecule has 0 spiro atoms. The lowest BCUT2D eigenvalue weighted by Crippen LogP contribution is -2.02. The van der Waals surface area contributed by atoms with Gasteiger partial charge in [-0.15, -0.1) is 22.7 Å². The number of aromatic nitrogens is 2. The number of thiazole rings is 2. The average molecular weight is 420 g/mol. The van der Waals surface area contributed by atoms with Gasteiger partial charge in [-0.25, -0.2) is 29.1 Å². The first-order valence-corrected chi connectivity index (χ1v) is 8.88. The van der Waals surface area contributed by atoms with E-state index >= 15 is 0 Å². The van der Waals surface area contributed by atoms with Gasteiger partial charge in [0.25, 0.3) is 0 Å². The van der Waals surface area contributed by atoms with E-state index in [1.54, 1.807) is 12.1 Å². The lowest BCUT2D eigenvalue weighted by atomic mass is 10.0. The molecule has 28 heavy (non-hydrogen) atoms. The summed E-state index contributed by atoms with van der Waals surface area (Å²) in [5.41, 5.74) is -0.606. The summed E-state index contributed by atoms with van der Waals surface area (Å²) in [7, 11) is 0. The summed E-state index contributed by atoms with van der Waals surface area (Å²) in [6, 6.07) is 6.02. The Hall–Kier alpha value is -3.64. The van der Waals surface area contributed by atoms with Crippen molar-refractivity contribution in [3.8, 4) is 20.9 Å². The third-order valence-corrected chi connectivity index (χ3v) is 5.59. The second-order valence-electron chi connectivity index (χ2n) is 5.16. The topological polar surface area (TPSA) is 175 Å². The van der Waals surface area contributed by atoms with Crippen molar-refractivity contribution >= 4 is 46.6 Å². The zero-order valence-electron chi connectivity index (χ0n) is 13.4. The zero-order chi connectivity index (χ0) is 20.6. The highest BCUT2D eigenvalue weighted by atomic mass is 32.1. The van der Waals surface area contributed by atoms with Crippen LogP contribution in [0, 0.1) is 0 Å². The monoisotopic (exact) mass is 420 g/mol. The smallest absolute Gasteiger partial charge is 0.365 e. The number of nitrogens with zero attached hydrogens (tertiary/aromatic N) is 2. The van der Waals surface area contributed by atoms with Crippen LogP contribution in [0.4, 0.5) is 0 Å². The van der Waals surface area contributed by atoms with Gasteiger partial charge in [0.05, 0.1) is 9.75 Å². The summed E-state index contributed by atoms with van der Waals surface area (Å²) >= 11 is 1.23. The molecule has 0 aliphatic heterocycles. The van der Waals surface area contributed by atoms with E-state index in [2.05, 4.69) is 9.97 Å². The van der Waals surface area contributed by atoms with Crippen molar-refractivity contribution in [3.63, 3.8) is 0 Å². The maximum absolute atomic E-state index is 11.5. The molecule has 2 aromatic heterocycles. The first-order chi connectivity index (χ1) is 13.2. The highest BCUT2D eigenvalue weighted by Crippen LogP contribution is 2.41. The van der Waals surface area contributed by atoms with Crippen molar-refractivity contribution in [2.75, 3.05) is 0 Å². The summed E-state index contributed by atoms with van der Waals surface area (Å²) < 4.78 is 0. The number of aromatic carboxylic acids is 4. The second kappa shape index (κ2) is 7.17. The Morgan fingerprint density at radius 2 is 1.00 bits per heavy atom. The minimum Gasteiger partial charge on any atom is -0.476 e. The first-order valence-electron chi connectivity index (χ1n) is 7.25. The van der Waals surface area contributed by atoms with Crippen LogP contribution in [0.25, 0.3) is 20.9 Å². The Morgan fingerprint density at radius 1 is 0.643 bits per heavy atom. The van der Waals surface area contributed by atoms with Crippen LogP contribution < -0.4 is 0 Å². The molecule has 10 nitrogen and oxygen atoms in total. The van der Waals surface area contributed by atoms with Gasteiger partial charge >= 0.3 is 23.9 Å². The quantitative estimate of drug-likeness (QED) is 0.464. The standard InChI is InChI=1S/C16H8N2O8S2/c19-13(20)7-9(27-11(17-7)15(23)24)5-3-1-2-4-6(5)10-8(14(21)22)18-12(28-10)16(25)26/h1-4H,(H,19,20)(H,21,22)(H,23,24)(H,25,26). The molecule has 0 atom stereocenters. The predicted octanol–water partition coefficient (Wildman–Crippen LogP) is 2.73. The number of rotatable bonds is 6. The van der Waals surface area contributed by atoms with E-state index in [1.165, 1.54) is 12.1 Å². The molecule has 4 N–H and O–H groups in total. The number of carbonyl (C=O) groups is 4. The molecule has 0 aliphatic rings. The highest BCUT2D eigenvalue weighted by Gasteiger charge is 2.27. The van der Waals surface area contributed by atoms with Crippen molar-refractivity contribution in [2.45, 2.75) is 0 Å². The third kappa shape index (κ3) is 3.33.